The minimum atomic E-state index is -1.25. The molecule has 2 heterocycles. The number of thiazole rings is 1. The Kier molecular flexibility index (Phi) is 10.7. The molecule has 0 spiro atoms. The summed E-state index contributed by atoms with van der Waals surface area (Å²) in [6, 6.07) is 1.75. The number of nitrogens with zero attached hydrogens (tertiary/aromatic N) is 2. The van der Waals surface area contributed by atoms with Crippen LogP contribution in [0, 0.1) is 17.8 Å². The fourth-order valence-corrected chi connectivity index (χ4v) is 7.01. The van der Waals surface area contributed by atoms with E-state index in [-0.39, 0.29) is 42.7 Å². The van der Waals surface area contributed by atoms with Gasteiger partial charge in [0.1, 0.15) is 24.0 Å². The number of hydrogen-bond donors (Lipinski definition) is 4. The van der Waals surface area contributed by atoms with Gasteiger partial charge in [0, 0.05) is 31.1 Å². The summed E-state index contributed by atoms with van der Waals surface area (Å²) in [6.45, 7) is 1.96. The van der Waals surface area contributed by atoms with Crippen LogP contribution in [0.4, 0.5) is 5.69 Å². The lowest BCUT2D eigenvalue weighted by Gasteiger charge is -2.44. The van der Waals surface area contributed by atoms with E-state index >= 15 is 0 Å². The third-order valence-electron chi connectivity index (χ3n) is 8.04. The van der Waals surface area contributed by atoms with Crippen molar-refractivity contribution in [1.82, 2.24) is 25.5 Å². The topological polar surface area (TPSA) is 168 Å². The highest BCUT2D eigenvalue weighted by Gasteiger charge is 2.38. The average molecular weight is 664 g/mol. The molecule has 4 N–H and O–H groups in total. The molecule has 2 bridgehead atoms. The monoisotopic (exact) mass is 662 g/mol. The number of ketones is 1. The van der Waals surface area contributed by atoms with Crippen LogP contribution >= 0.6 is 27.3 Å². The molecule has 2 aromatic heterocycles. The number of amides is 4. The molecule has 5 atom stereocenters. The van der Waals surface area contributed by atoms with Gasteiger partial charge in [-0.2, -0.15) is 0 Å². The standard InChI is InChI=1S/C28H35BrN6O6S/c1-15-11-16-5-3-6-17(12-16)23(15)34-22(37)13-35-10-4-7-19(27(35)41)32-24(38)18(8-9-21(36)26(40)30-2)31-25(39)20-14-42-28(29)33-20/h4,7,10,14-18,23H,3,5-6,8-9,11-13H2,1-2H3,(H,30,40)(H,31,39)(H,32,38)(H,34,37). The summed E-state index contributed by atoms with van der Waals surface area (Å²) in [5.41, 5.74) is -0.624. The number of anilines is 1. The summed E-state index contributed by atoms with van der Waals surface area (Å²) in [6.07, 6.45) is 6.71. The number of pyridine rings is 1. The predicted molar refractivity (Wildman–Crippen MR) is 160 cm³/mol. The van der Waals surface area contributed by atoms with E-state index in [1.807, 2.05) is 0 Å². The summed E-state index contributed by atoms with van der Waals surface area (Å²) >= 11 is 4.36. The van der Waals surface area contributed by atoms with Crippen LogP contribution in [0.5, 0.6) is 0 Å². The Morgan fingerprint density at radius 2 is 1.98 bits per heavy atom. The molecular weight excluding hydrogens is 628 g/mol. The van der Waals surface area contributed by atoms with Gasteiger partial charge >= 0.3 is 0 Å². The molecule has 0 radical (unpaired) electrons. The van der Waals surface area contributed by atoms with Gasteiger partial charge in [0.25, 0.3) is 17.4 Å². The first-order valence-corrected chi connectivity index (χ1v) is 15.7. The molecule has 226 valence electrons. The Morgan fingerprint density at radius 3 is 2.69 bits per heavy atom. The zero-order valence-corrected chi connectivity index (χ0v) is 25.9. The largest absolute Gasteiger partial charge is 0.353 e. The van der Waals surface area contributed by atoms with E-state index in [2.05, 4.69) is 49.1 Å². The van der Waals surface area contributed by atoms with Gasteiger partial charge in [-0.15, -0.1) is 11.3 Å². The first-order valence-electron chi connectivity index (χ1n) is 14.0. The Labute approximate surface area is 255 Å². The zero-order chi connectivity index (χ0) is 30.4. The Hall–Kier alpha value is -3.39. The molecule has 0 aliphatic heterocycles. The summed E-state index contributed by atoms with van der Waals surface area (Å²) in [7, 11) is 1.31. The number of fused-ring (bicyclic) bond motifs is 2. The third-order valence-corrected chi connectivity index (χ3v) is 9.41. The average Bonchev–Trinajstić information content (AvgIpc) is 3.41. The van der Waals surface area contributed by atoms with E-state index in [4.69, 9.17) is 0 Å². The maximum atomic E-state index is 13.2. The predicted octanol–water partition coefficient (Wildman–Crippen LogP) is 2.23. The number of rotatable bonds is 11. The van der Waals surface area contributed by atoms with E-state index < -0.39 is 35.1 Å². The van der Waals surface area contributed by atoms with Gasteiger partial charge in [0.2, 0.25) is 17.6 Å². The Bertz CT molecular complexity index is 1410. The fraction of sp³-hybridized carbons (Fsp3) is 0.536. The second-order valence-corrected chi connectivity index (χ2v) is 13.1. The molecule has 4 amide bonds. The second kappa shape index (κ2) is 14.2. The van der Waals surface area contributed by atoms with Crippen LogP contribution in [0.25, 0.3) is 0 Å². The SMILES string of the molecule is CNC(=O)C(=O)CCC(NC(=O)c1csc(Br)n1)C(=O)Nc1cccn(CC(=O)NC2C(C)CC3CCCC2C3)c1=O. The van der Waals surface area contributed by atoms with Crippen molar-refractivity contribution in [2.45, 2.75) is 70.5 Å². The molecule has 4 rings (SSSR count). The van der Waals surface area contributed by atoms with Crippen LogP contribution in [-0.4, -0.2) is 58.1 Å². The van der Waals surface area contributed by atoms with Gasteiger partial charge in [0.05, 0.1) is 0 Å². The van der Waals surface area contributed by atoms with Crippen molar-refractivity contribution in [3.8, 4) is 0 Å². The van der Waals surface area contributed by atoms with E-state index in [1.165, 1.54) is 59.5 Å². The highest BCUT2D eigenvalue weighted by molar-refractivity contribution is 9.11. The molecule has 2 aliphatic carbocycles. The van der Waals surface area contributed by atoms with Crippen LogP contribution in [0.3, 0.4) is 0 Å². The van der Waals surface area contributed by atoms with Crippen LogP contribution in [0.2, 0.25) is 0 Å². The molecule has 0 aromatic carbocycles. The number of nitrogens with one attached hydrogen (secondary N) is 4. The summed E-state index contributed by atoms with van der Waals surface area (Å²) in [5, 5.41) is 11.9. The van der Waals surface area contributed by atoms with Gasteiger partial charge in [0.15, 0.2) is 3.92 Å². The van der Waals surface area contributed by atoms with Crippen molar-refractivity contribution in [1.29, 1.82) is 0 Å². The Balaban J connectivity index is 1.43. The van der Waals surface area contributed by atoms with E-state index in [9.17, 15) is 28.8 Å². The number of aromatic nitrogens is 2. The van der Waals surface area contributed by atoms with Crippen molar-refractivity contribution in [2.75, 3.05) is 12.4 Å². The highest BCUT2D eigenvalue weighted by atomic mass is 79.9. The number of halogens is 1. The van der Waals surface area contributed by atoms with Crippen molar-refractivity contribution in [2.24, 2.45) is 17.8 Å². The molecule has 42 heavy (non-hydrogen) atoms. The first kappa shape index (κ1) is 31.5. The van der Waals surface area contributed by atoms with Gasteiger partial charge in [-0.05, 0) is 71.5 Å². The third kappa shape index (κ3) is 7.91. The van der Waals surface area contributed by atoms with Crippen molar-refractivity contribution < 1.29 is 24.0 Å². The van der Waals surface area contributed by atoms with Gasteiger partial charge in [-0.25, -0.2) is 4.98 Å². The van der Waals surface area contributed by atoms with Crippen molar-refractivity contribution in [3.63, 3.8) is 0 Å². The molecule has 2 saturated carbocycles. The lowest BCUT2D eigenvalue weighted by Crippen LogP contribution is -2.50. The molecule has 2 aromatic rings. The maximum absolute atomic E-state index is 13.2. The minimum absolute atomic E-state index is 0.0615. The molecule has 5 unspecified atom stereocenters. The van der Waals surface area contributed by atoms with Crippen LogP contribution in [0.1, 0.15) is 62.4 Å². The van der Waals surface area contributed by atoms with Crippen molar-refractivity contribution >= 4 is 62.4 Å². The van der Waals surface area contributed by atoms with Gasteiger partial charge in [-0.3, -0.25) is 28.8 Å². The quantitative estimate of drug-likeness (QED) is 0.268. The lowest BCUT2D eigenvalue weighted by atomic mass is 9.65. The molecular formula is C28H35BrN6O6S. The second-order valence-electron chi connectivity index (χ2n) is 11.0. The van der Waals surface area contributed by atoms with Crippen LogP contribution in [0.15, 0.2) is 32.4 Å². The number of carbonyl (C=O) groups excluding carboxylic acids is 5. The maximum Gasteiger partial charge on any atom is 0.287 e. The molecule has 0 saturated heterocycles. The molecule has 2 aliphatic rings. The van der Waals surface area contributed by atoms with E-state index in [1.54, 1.807) is 0 Å². The highest BCUT2D eigenvalue weighted by Crippen LogP contribution is 2.42. The smallest absolute Gasteiger partial charge is 0.287 e. The van der Waals surface area contributed by atoms with Gasteiger partial charge in [-0.1, -0.05) is 19.8 Å². The van der Waals surface area contributed by atoms with E-state index in [0.29, 0.717) is 15.8 Å². The first-order chi connectivity index (χ1) is 20.0. The zero-order valence-electron chi connectivity index (χ0n) is 23.5. The molecule has 2 fully saturated rings. The number of carbonyl (C=O) groups is 5. The lowest BCUT2D eigenvalue weighted by molar-refractivity contribution is -0.137. The number of hydrogen-bond acceptors (Lipinski definition) is 8. The number of Topliss-reactive ketones (excluding diaryl/α,β-unsaturated/α-hetero) is 1. The number of likely N-dealkylation sites (N-methyl/N-ethyl adjacent to an activating group) is 1. The minimum Gasteiger partial charge on any atom is -0.353 e. The van der Waals surface area contributed by atoms with E-state index in [0.717, 1.165) is 25.2 Å². The molecule has 14 heteroatoms. The summed E-state index contributed by atoms with van der Waals surface area (Å²) < 4.78 is 1.69. The normalized spacial score (nSPS) is 22.0. The summed E-state index contributed by atoms with van der Waals surface area (Å²) in [5.74, 6) is -1.72. The van der Waals surface area contributed by atoms with Crippen LogP contribution < -0.4 is 26.8 Å². The van der Waals surface area contributed by atoms with Crippen LogP contribution in [-0.2, 0) is 25.7 Å². The van der Waals surface area contributed by atoms with Crippen molar-refractivity contribution in [3.05, 3.63) is 43.7 Å². The van der Waals surface area contributed by atoms with Gasteiger partial charge < -0.3 is 25.8 Å². The summed E-state index contributed by atoms with van der Waals surface area (Å²) in [4.78, 5) is 79.9. The Morgan fingerprint density at radius 1 is 1.19 bits per heavy atom. The fourth-order valence-electron chi connectivity index (χ4n) is 6.02. The molecule has 12 nitrogen and oxygen atoms in total.